The highest BCUT2D eigenvalue weighted by Crippen LogP contribution is 2.16. The van der Waals surface area contributed by atoms with Crippen molar-refractivity contribution >= 4 is 11.6 Å². The van der Waals surface area contributed by atoms with Gasteiger partial charge in [-0.3, -0.25) is 9.69 Å². The van der Waals surface area contributed by atoms with E-state index in [1.165, 1.54) is 0 Å². The summed E-state index contributed by atoms with van der Waals surface area (Å²) in [6.07, 6.45) is 0. The first kappa shape index (κ1) is 15.8. The molecular formula is C16H26N4O. The largest absolute Gasteiger partial charge is 0.399 e. The van der Waals surface area contributed by atoms with Crippen molar-refractivity contribution in [1.82, 2.24) is 15.1 Å². The summed E-state index contributed by atoms with van der Waals surface area (Å²) in [6, 6.07) is 7.02. The quantitative estimate of drug-likeness (QED) is 0.813. The summed E-state index contributed by atoms with van der Waals surface area (Å²) in [6.45, 7) is 9.25. The highest BCUT2D eigenvalue weighted by atomic mass is 16.1. The maximum atomic E-state index is 12.2. The van der Waals surface area contributed by atoms with Crippen LogP contribution in [0.1, 0.15) is 24.2 Å². The van der Waals surface area contributed by atoms with Crippen molar-refractivity contribution in [2.75, 3.05) is 45.5 Å². The molecule has 0 aliphatic carbocycles. The lowest BCUT2D eigenvalue weighted by Crippen LogP contribution is -2.57. The minimum absolute atomic E-state index is 0.0370. The summed E-state index contributed by atoms with van der Waals surface area (Å²) in [4.78, 5) is 16.9. The van der Waals surface area contributed by atoms with Gasteiger partial charge < -0.3 is 16.0 Å². The number of amides is 1. The molecule has 21 heavy (non-hydrogen) atoms. The molecular weight excluding hydrogens is 264 g/mol. The summed E-state index contributed by atoms with van der Waals surface area (Å²) in [5, 5.41) is 3.03. The monoisotopic (exact) mass is 290 g/mol. The van der Waals surface area contributed by atoms with Crippen molar-refractivity contribution in [3.05, 3.63) is 29.8 Å². The Bertz CT molecular complexity index is 476. The van der Waals surface area contributed by atoms with Crippen LogP contribution in [-0.4, -0.2) is 61.0 Å². The average Bonchev–Trinajstić information content (AvgIpc) is 2.46. The van der Waals surface area contributed by atoms with Gasteiger partial charge in [0.1, 0.15) is 0 Å². The zero-order valence-electron chi connectivity index (χ0n) is 13.2. The van der Waals surface area contributed by atoms with Gasteiger partial charge in [-0.25, -0.2) is 0 Å². The van der Waals surface area contributed by atoms with Gasteiger partial charge in [-0.1, -0.05) is 0 Å². The molecule has 0 atom stereocenters. The van der Waals surface area contributed by atoms with Crippen molar-refractivity contribution in [2.45, 2.75) is 19.4 Å². The molecule has 1 aromatic rings. The molecule has 2 rings (SSSR count). The van der Waals surface area contributed by atoms with Gasteiger partial charge >= 0.3 is 0 Å². The van der Waals surface area contributed by atoms with Gasteiger partial charge in [0.05, 0.1) is 0 Å². The van der Waals surface area contributed by atoms with E-state index in [0.29, 0.717) is 17.8 Å². The number of benzene rings is 1. The number of rotatable bonds is 4. The van der Waals surface area contributed by atoms with Crippen molar-refractivity contribution in [1.29, 1.82) is 0 Å². The summed E-state index contributed by atoms with van der Waals surface area (Å²) in [7, 11) is 2.15. The lowest BCUT2D eigenvalue weighted by molar-refractivity contribution is 0.0588. The standard InChI is InChI=1S/C16H26N4O/c1-16(2,20-10-8-19(3)9-11-20)12-18-15(21)13-4-6-14(17)7-5-13/h4-7H,8-12,17H2,1-3H3,(H,18,21). The highest BCUT2D eigenvalue weighted by molar-refractivity contribution is 5.94. The van der Waals surface area contributed by atoms with Crippen LogP contribution >= 0.6 is 0 Å². The third kappa shape index (κ3) is 4.19. The molecule has 0 bridgehead atoms. The van der Waals surface area contributed by atoms with E-state index in [0.717, 1.165) is 26.2 Å². The minimum Gasteiger partial charge on any atom is -0.399 e. The van der Waals surface area contributed by atoms with E-state index >= 15 is 0 Å². The number of nitrogens with zero attached hydrogens (tertiary/aromatic N) is 2. The number of nitrogens with two attached hydrogens (primary N) is 1. The predicted octanol–water partition coefficient (Wildman–Crippen LogP) is 1.02. The molecule has 1 saturated heterocycles. The number of anilines is 1. The van der Waals surface area contributed by atoms with E-state index in [1.54, 1.807) is 24.3 Å². The van der Waals surface area contributed by atoms with Crippen molar-refractivity contribution in [3.63, 3.8) is 0 Å². The second kappa shape index (κ2) is 6.45. The second-order valence-corrected chi connectivity index (χ2v) is 6.41. The lowest BCUT2D eigenvalue weighted by Gasteiger charge is -2.43. The van der Waals surface area contributed by atoms with Crippen LogP contribution in [0.15, 0.2) is 24.3 Å². The Labute approximate surface area is 127 Å². The summed E-state index contributed by atoms with van der Waals surface area (Å²) in [5.41, 5.74) is 6.92. The number of carbonyl (C=O) groups excluding carboxylic acids is 1. The Kier molecular flexibility index (Phi) is 4.85. The summed E-state index contributed by atoms with van der Waals surface area (Å²) >= 11 is 0. The Balaban J connectivity index is 1.88. The Morgan fingerprint density at radius 2 is 1.76 bits per heavy atom. The molecule has 1 amide bonds. The topological polar surface area (TPSA) is 61.6 Å². The predicted molar refractivity (Wildman–Crippen MR) is 86.3 cm³/mol. The number of hydrogen-bond donors (Lipinski definition) is 2. The van der Waals surface area contributed by atoms with Gasteiger partial charge in [-0.05, 0) is 45.2 Å². The summed E-state index contributed by atoms with van der Waals surface area (Å²) in [5.74, 6) is -0.0443. The summed E-state index contributed by atoms with van der Waals surface area (Å²) < 4.78 is 0. The average molecular weight is 290 g/mol. The smallest absolute Gasteiger partial charge is 0.251 e. The Morgan fingerprint density at radius 3 is 2.33 bits per heavy atom. The van der Waals surface area contributed by atoms with Gasteiger partial charge in [0.15, 0.2) is 0 Å². The molecule has 1 fully saturated rings. The van der Waals surface area contributed by atoms with Crippen LogP contribution in [0.25, 0.3) is 0 Å². The second-order valence-electron chi connectivity index (χ2n) is 6.41. The van der Waals surface area contributed by atoms with Gasteiger partial charge in [0.2, 0.25) is 0 Å². The molecule has 116 valence electrons. The van der Waals surface area contributed by atoms with Gasteiger partial charge in [0.25, 0.3) is 5.91 Å². The fourth-order valence-corrected chi connectivity index (χ4v) is 2.56. The Morgan fingerprint density at radius 1 is 1.19 bits per heavy atom. The van der Waals surface area contributed by atoms with Crippen LogP contribution < -0.4 is 11.1 Å². The first-order chi connectivity index (χ1) is 9.88. The van der Waals surface area contributed by atoms with E-state index < -0.39 is 0 Å². The van der Waals surface area contributed by atoms with Crippen LogP contribution in [0.3, 0.4) is 0 Å². The normalized spacial score (nSPS) is 17.7. The van der Waals surface area contributed by atoms with Crippen LogP contribution in [0.5, 0.6) is 0 Å². The van der Waals surface area contributed by atoms with Gasteiger partial charge in [-0.15, -0.1) is 0 Å². The van der Waals surface area contributed by atoms with E-state index in [-0.39, 0.29) is 11.4 Å². The van der Waals surface area contributed by atoms with E-state index in [2.05, 4.69) is 36.0 Å². The third-order valence-corrected chi connectivity index (χ3v) is 4.21. The zero-order valence-corrected chi connectivity index (χ0v) is 13.2. The van der Waals surface area contributed by atoms with Crippen molar-refractivity contribution in [2.24, 2.45) is 0 Å². The Hall–Kier alpha value is -1.59. The van der Waals surface area contributed by atoms with Crippen LogP contribution in [0.2, 0.25) is 0 Å². The first-order valence-corrected chi connectivity index (χ1v) is 7.46. The van der Waals surface area contributed by atoms with Crippen molar-refractivity contribution < 1.29 is 4.79 Å². The fourth-order valence-electron chi connectivity index (χ4n) is 2.56. The molecule has 5 nitrogen and oxygen atoms in total. The van der Waals surface area contributed by atoms with E-state index in [1.807, 2.05) is 0 Å². The van der Waals surface area contributed by atoms with Crippen LogP contribution in [0.4, 0.5) is 5.69 Å². The molecule has 1 aliphatic rings. The molecule has 5 heteroatoms. The molecule has 1 heterocycles. The van der Waals surface area contributed by atoms with Crippen LogP contribution in [-0.2, 0) is 0 Å². The van der Waals surface area contributed by atoms with Crippen molar-refractivity contribution in [3.8, 4) is 0 Å². The highest BCUT2D eigenvalue weighted by Gasteiger charge is 2.29. The molecule has 0 radical (unpaired) electrons. The van der Waals surface area contributed by atoms with Gasteiger partial charge in [0, 0.05) is 49.5 Å². The molecule has 1 aromatic carbocycles. The van der Waals surface area contributed by atoms with Gasteiger partial charge in [-0.2, -0.15) is 0 Å². The SMILES string of the molecule is CN1CCN(C(C)(C)CNC(=O)c2ccc(N)cc2)CC1. The lowest BCUT2D eigenvalue weighted by atomic mass is 10.0. The molecule has 0 spiro atoms. The fraction of sp³-hybridized carbons (Fsp3) is 0.562. The number of hydrogen-bond acceptors (Lipinski definition) is 4. The molecule has 3 N–H and O–H groups in total. The molecule has 0 unspecified atom stereocenters. The zero-order chi connectivity index (χ0) is 15.5. The molecule has 1 aliphatic heterocycles. The maximum absolute atomic E-state index is 12.2. The maximum Gasteiger partial charge on any atom is 0.251 e. The minimum atomic E-state index is -0.0443. The number of nitrogens with one attached hydrogen (secondary N) is 1. The van der Waals surface area contributed by atoms with E-state index in [9.17, 15) is 4.79 Å². The number of carbonyl (C=O) groups is 1. The van der Waals surface area contributed by atoms with E-state index in [4.69, 9.17) is 5.73 Å². The number of nitrogen functional groups attached to an aromatic ring is 1. The molecule has 0 aromatic heterocycles. The first-order valence-electron chi connectivity index (χ1n) is 7.46. The van der Waals surface area contributed by atoms with Crippen LogP contribution in [0, 0.1) is 0 Å². The number of likely N-dealkylation sites (N-methyl/N-ethyl adjacent to an activating group) is 1. The number of piperazine rings is 1. The third-order valence-electron chi connectivity index (χ3n) is 4.21. The molecule has 0 saturated carbocycles.